The van der Waals surface area contributed by atoms with Crippen molar-refractivity contribution in [3.05, 3.63) is 29.8 Å². The Morgan fingerprint density at radius 2 is 2.00 bits per heavy atom. The van der Waals surface area contributed by atoms with Crippen LogP contribution in [0.3, 0.4) is 0 Å². The van der Waals surface area contributed by atoms with Gasteiger partial charge in [-0.05, 0) is 31.9 Å². The maximum absolute atomic E-state index is 11.8. The van der Waals surface area contributed by atoms with Gasteiger partial charge in [-0.2, -0.15) is 0 Å². The van der Waals surface area contributed by atoms with Crippen LogP contribution < -0.4 is 5.32 Å². The average Bonchev–Trinajstić information content (AvgIpc) is 2.39. The zero-order valence-electron chi connectivity index (χ0n) is 11.5. The summed E-state index contributed by atoms with van der Waals surface area (Å²) in [5.74, 6) is -0.257. The highest BCUT2D eigenvalue weighted by Crippen LogP contribution is 2.19. The minimum atomic E-state index is -0.257. The van der Waals surface area contributed by atoms with Crippen molar-refractivity contribution in [1.29, 1.82) is 0 Å². The summed E-state index contributed by atoms with van der Waals surface area (Å²) >= 11 is 0. The molecule has 0 aliphatic carbocycles. The Labute approximate surface area is 110 Å². The highest BCUT2D eigenvalue weighted by atomic mass is 16.5. The summed E-state index contributed by atoms with van der Waals surface area (Å²) in [6.45, 7) is 6.54. The Kier molecular flexibility index (Phi) is 6.26. The molecule has 0 aromatic heterocycles. The number of hydrogen-bond acceptors (Lipinski definition) is 3. The van der Waals surface area contributed by atoms with Crippen molar-refractivity contribution in [3.63, 3.8) is 0 Å². The molecule has 0 bridgehead atoms. The summed E-state index contributed by atoms with van der Waals surface area (Å²) in [7, 11) is 0. The van der Waals surface area contributed by atoms with Crippen LogP contribution in [0.2, 0.25) is 0 Å². The molecular formula is C15H23NO2. The summed E-state index contributed by atoms with van der Waals surface area (Å²) in [5.41, 5.74) is 1.49. The first-order valence-electron chi connectivity index (χ1n) is 6.75. The summed E-state index contributed by atoms with van der Waals surface area (Å²) in [6.07, 6.45) is 3.28. The van der Waals surface area contributed by atoms with Crippen molar-refractivity contribution in [2.75, 3.05) is 11.9 Å². The first kappa shape index (κ1) is 14.6. The number of benzene rings is 1. The lowest BCUT2D eigenvalue weighted by Crippen LogP contribution is -2.20. The lowest BCUT2D eigenvalue weighted by Gasteiger charge is -2.19. The van der Waals surface area contributed by atoms with Crippen molar-refractivity contribution in [2.45, 2.75) is 46.1 Å². The van der Waals surface area contributed by atoms with Crippen LogP contribution in [0.15, 0.2) is 24.3 Å². The fourth-order valence-electron chi connectivity index (χ4n) is 1.94. The highest BCUT2D eigenvalue weighted by Gasteiger charge is 2.14. The predicted molar refractivity (Wildman–Crippen MR) is 75.0 cm³/mol. The van der Waals surface area contributed by atoms with E-state index in [4.69, 9.17) is 4.74 Å². The molecule has 100 valence electrons. The van der Waals surface area contributed by atoms with E-state index >= 15 is 0 Å². The molecule has 0 heterocycles. The van der Waals surface area contributed by atoms with Gasteiger partial charge in [-0.15, -0.1) is 0 Å². The number of ether oxygens (including phenoxy) is 1. The minimum absolute atomic E-state index is 0.257. The molecule has 3 heteroatoms. The second kappa shape index (κ2) is 7.75. The second-order valence-electron chi connectivity index (χ2n) is 4.30. The third kappa shape index (κ3) is 4.06. The second-order valence-corrected chi connectivity index (χ2v) is 4.30. The fourth-order valence-corrected chi connectivity index (χ4v) is 1.94. The smallest absolute Gasteiger partial charge is 0.340 e. The first-order valence-corrected chi connectivity index (χ1v) is 6.75. The predicted octanol–water partition coefficient (Wildman–Crippen LogP) is 3.85. The first-order chi connectivity index (χ1) is 8.72. The van der Waals surface area contributed by atoms with E-state index in [-0.39, 0.29) is 5.97 Å². The number of nitrogens with one attached hydrogen (secondary N) is 1. The van der Waals surface area contributed by atoms with Crippen molar-refractivity contribution >= 4 is 11.7 Å². The van der Waals surface area contributed by atoms with Gasteiger partial charge in [0.05, 0.1) is 12.2 Å². The molecule has 1 aromatic rings. The fraction of sp³-hybridized carbons (Fsp3) is 0.533. The SMILES string of the molecule is CCCC(CC)Nc1ccccc1C(=O)OCC. The molecule has 0 fully saturated rings. The maximum atomic E-state index is 11.8. The van der Waals surface area contributed by atoms with Crippen LogP contribution in [-0.2, 0) is 4.74 Å². The monoisotopic (exact) mass is 249 g/mol. The highest BCUT2D eigenvalue weighted by molar-refractivity contribution is 5.95. The van der Waals surface area contributed by atoms with Crippen LogP contribution in [-0.4, -0.2) is 18.6 Å². The number of para-hydroxylation sites is 1. The molecular weight excluding hydrogens is 226 g/mol. The molecule has 0 saturated carbocycles. The van der Waals surface area contributed by atoms with Gasteiger partial charge in [0.15, 0.2) is 0 Å². The van der Waals surface area contributed by atoms with E-state index in [1.807, 2.05) is 25.1 Å². The molecule has 18 heavy (non-hydrogen) atoms. The number of carbonyl (C=O) groups is 1. The van der Waals surface area contributed by atoms with E-state index in [9.17, 15) is 4.79 Å². The quantitative estimate of drug-likeness (QED) is 0.746. The third-order valence-electron chi connectivity index (χ3n) is 2.91. The molecule has 1 rings (SSSR count). The Morgan fingerprint density at radius 3 is 2.61 bits per heavy atom. The molecule has 0 radical (unpaired) electrons. The van der Waals surface area contributed by atoms with Crippen LogP contribution in [0.1, 0.15) is 50.4 Å². The molecule has 0 aliphatic heterocycles. The Balaban J connectivity index is 2.84. The summed E-state index contributed by atoms with van der Waals surface area (Å²) < 4.78 is 5.06. The number of carbonyl (C=O) groups excluding carboxylic acids is 1. The Morgan fingerprint density at radius 1 is 1.28 bits per heavy atom. The Hall–Kier alpha value is -1.51. The molecule has 3 nitrogen and oxygen atoms in total. The molecule has 0 aliphatic rings. The maximum Gasteiger partial charge on any atom is 0.340 e. The molecule has 1 N–H and O–H groups in total. The number of hydrogen-bond donors (Lipinski definition) is 1. The largest absolute Gasteiger partial charge is 0.462 e. The normalized spacial score (nSPS) is 11.9. The van der Waals surface area contributed by atoms with Gasteiger partial charge in [0.2, 0.25) is 0 Å². The van der Waals surface area contributed by atoms with Gasteiger partial charge in [-0.25, -0.2) is 4.79 Å². The van der Waals surface area contributed by atoms with Crippen molar-refractivity contribution in [2.24, 2.45) is 0 Å². The molecule has 0 spiro atoms. The van der Waals surface area contributed by atoms with Crippen molar-refractivity contribution in [1.82, 2.24) is 0 Å². The minimum Gasteiger partial charge on any atom is -0.462 e. The van der Waals surface area contributed by atoms with E-state index in [1.54, 1.807) is 6.07 Å². The summed E-state index contributed by atoms with van der Waals surface area (Å²) in [6, 6.07) is 7.94. The van der Waals surface area contributed by atoms with E-state index in [1.165, 1.54) is 0 Å². The lowest BCUT2D eigenvalue weighted by molar-refractivity contribution is 0.0527. The van der Waals surface area contributed by atoms with E-state index < -0.39 is 0 Å². The summed E-state index contributed by atoms with van der Waals surface area (Å²) in [5, 5.41) is 3.44. The molecule has 1 unspecified atom stereocenters. The van der Waals surface area contributed by atoms with Crippen LogP contribution in [0.4, 0.5) is 5.69 Å². The van der Waals surface area contributed by atoms with Gasteiger partial charge in [0.25, 0.3) is 0 Å². The number of rotatable bonds is 7. The standard InChI is InChI=1S/C15H23NO2/c1-4-9-12(5-2)16-14-11-8-7-10-13(14)15(17)18-6-3/h7-8,10-12,16H,4-6,9H2,1-3H3. The van der Waals surface area contributed by atoms with E-state index in [2.05, 4.69) is 19.2 Å². The zero-order chi connectivity index (χ0) is 13.4. The molecule has 0 amide bonds. The van der Waals surface area contributed by atoms with Crippen LogP contribution in [0, 0.1) is 0 Å². The van der Waals surface area contributed by atoms with Gasteiger partial charge in [0, 0.05) is 11.7 Å². The number of esters is 1. The van der Waals surface area contributed by atoms with Gasteiger partial charge in [-0.1, -0.05) is 32.4 Å². The van der Waals surface area contributed by atoms with Crippen LogP contribution in [0.5, 0.6) is 0 Å². The third-order valence-corrected chi connectivity index (χ3v) is 2.91. The molecule has 1 atom stereocenters. The van der Waals surface area contributed by atoms with E-state index in [0.29, 0.717) is 18.2 Å². The van der Waals surface area contributed by atoms with Crippen LogP contribution >= 0.6 is 0 Å². The zero-order valence-corrected chi connectivity index (χ0v) is 11.5. The van der Waals surface area contributed by atoms with E-state index in [0.717, 1.165) is 24.9 Å². The van der Waals surface area contributed by atoms with Crippen molar-refractivity contribution < 1.29 is 9.53 Å². The topological polar surface area (TPSA) is 38.3 Å². The molecule has 1 aromatic carbocycles. The van der Waals surface area contributed by atoms with Crippen molar-refractivity contribution in [3.8, 4) is 0 Å². The van der Waals surface area contributed by atoms with Gasteiger partial charge < -0.3 is 10.1 Å². The lowest BCUT2D eigenvalue weighted by atomic mass is 10.1. The summed E-state index contributed by atoms with van der Waals surface area (Å²) in [4.78, 5) is 11.8. The molecule has 0 saturated heterocycles. The Bertz CT molecular complexity index is 377. The van der Waals surface area contributed by atoms with Gasteiger partial charge >= 0.3 is 5.97 Å². The van der Waals surface area contributed by atoms with Crippen LogP contribution in [0.25, 0.3) is 0 Å². The van der Waals surface area contributed by atoms with Gasteiger partial charge in [-0.3, -0.25) is 0 Å². The average molecular weight is 249 g/mol. The number of anilines is 1. The van der Waals surface area contributed by atoms with Gasteiger partial charge in [0.1, 0.15) is 0 Å².